The molecule has 0 aromatic carbocycles. The van der Waals surface area contributed by atoms with Crippen molar-refractivity contribution < 1.29 is 8.95 Å². The van der Waals surface area contributed by atoms with E-state index in [0.717, 1.165) is 37.8 Å². The summed E-state index contributed by atoms with van der Waals surface area (Å²) < 4.78 is 16.3. The number of nitrogens with one attached hydrogen (secondary N) is 1. The highest BCUT2D eigenvalue weighted by Crippen LogP contribution is 2.10. The lowest BCUT2D eigenvalue weighted by molar-refractivity contribution is 0.185. The highest BCUT2D eigenvalue weighted by Gasteiger charge is 2.14. The zero-order valence-electron chi connectivity index (χ0n) is 8.25. The SMILES string of the molecule is CCS(=O)CCNCC1CCOC1. The topological polar surface area (TPSA) is 38.3 Å². The van der Waals surface area contributed by atoms with Gasteiger partial charge < -0.3 is 10.1 Å². The molecule has 0 spiro atoms. The van der Waals surface area contributed by atoms with Crippen LogP contribution in [0, 0.1) is 5.92 Å². The summed E-state index contributed by atoms with van der Waals surface area (Å²) in [6.45, 7) is 5.65. The van der Waals surface area contributed by atoms with Crippen LogP contribution in [0.15, 0.2) is 0 Å². The Morgan fingerprint density at radius 1 is 1.62 bits per heavy atom. The van der Waals surface area contributed by atoms with E-state index in [1.807, 2.05) is 6.92 Å². The van der Waals surface area contributed by atoms with Crippen LogP contribution in [0.1, 0.15) is 13.3 Å². The summed E-state index contributed by atoms with van der Waals surface area (Å²) in [7, 11) is -0.624. The van der Waals surface area contributed by atoms with E-state index in [-0.39, 0.29) is 0 Å². The molecule has 4 heteroatoms. The predicted molar refractivity (Wildman–Crippen MR) is 55.3 cm³/mol. The van der Waals surface area contributed by atoms with Gasteiger partial charge in [-0.15, -0.1) is 0 Å². The van der Waals surface area contributed by atoms with Crippen molar-refractivity contribution in [3.8, 4) is 0 Å². The largest absolute Gasteiger partial charge is 0.381 e. The molecule has 0 aromatic heterocycles. The van der Waals surface area contributed by atoms with Crippen molar-refractivity contribution in [3.05, 3.63) is 0 Å². The average molecular weight is 205 g/mol. The second kappa shape index (κ2) is 6.51. The van der Waals surface area contributed by atoms with Gasteiger partial charge in [0.15, 0.2) is 0 Å². The van der Waals surface area contributed by atoms with E-state index in [1.165, 1.54) is 6.42 Å². The van der Waals surface area contributed by atoms with E-state index in [1.54, 1.807) is 0 Å². The lowest BCUT2D eigenvalue weighted by atomic mass is 10.1. The van der Waals surface area contributed by atoms with Crippen molar-refractivity contribution in [2.75, 3.05) is 37.8 Å². The molecular formula is C9H19NO2S. The summed E-state index contributed by atoms with van der Waals surface area (Å²) >= 11 is 0. The fourth-order valence-electron chi connectivity index (χ4n) is 1.38. The Hall–Kier alpha value is 0.0700. The van der Waals surface area contributed by atoms with Gasteiger partial charge in [0.1, 0.15) is 0 Å². The van der Waals surface area contributed by atoms with Gasteiger partial charge in [-0.2, -0.15) is 0 Å². The summed E-state index contributed by atoms with van der Waals surface area (Å²) in [4.78, 5) is 0. The first-order chi connectivity index (χ1) is 6.33. The van der Waals surface area contributed by atoms with Crippen LogP contribution in [0.4, 0.5) is 0 Å². The minimum Gasteiger partial charge on any atom is -0.381 e. The molecule has 1 heterocycles. The highest BCUT2D eigenvalue weighted by molar-refractivity contribution is 7.84. The summed E-state index contributed by atoms with van der Waals surface area (Å²) in [5.41, 5.74) is 0. The molecule has 13 heavy (non-hydrogen) atoms. The molecule has 1 aliphatic rings. The van der Waals surface area contributed by atoms with Gasteiger partial charge in [-0.1, -0.05) is 6.92 Å². The molecular weight excluding hydrogens is 186 g/mol. The van der Waals surface area contributed by atoms with Gasteiger partial charge in [0, 0.05) is 42.0 Å². The monoisotopic (exact) mass is 205 g/mol. The van der Waals surface area contributed by atoms with Crippen LogP contribution in [0.5, 0.6) is 0 Å². The normalized spacial score (nSPS) is 24.8. The maximum atomic E-state index is 11.1. The number of ether oxygens (including phenoxy) is 1. The molecule has 1 saturated heterocycles. The summed E-state index contributed by atoms with van der Waals surface area (Å²) in [5.74, 6) is 2.23. The number of hydrogen-bond acceptors (Lipinski definition) is 3. The second-order valence-electron chi connectivity index (χ2n) is 3.37. The highest BCUT2D eigenvalue weighted by atomic mass is 32.2. The van der Waals surface area contributed by atoms with E-state index in [2.05, 4.69) is 5.32 Å². The number of hydrogen-bond donors (Lipinski definition) is 1. The molecule has 0 aromatic rings. The van der Waals surface area contributed by atoms with Crippen LogP contribution in [0.25, 0.3) is 0 Å². The van der Waals surface area contributed by atoms with Gasteiger partial charge in [-0.05, 0) is 12.3 Å². The van der Waals surface area contributed by atoms with Crippen LogP contribution in [0.3, 0.4) is 0 Å². The van der Waals surface area contributed by atoms with Gasteiger partial charge >= 0.3 is 0 Å². The van der Waals surface area contributed by atoms with Crippen LogP contribution < -0.4 is 5.32 Å². The molecule has 0 amide bonds. The van der Waals surface area contributed by atoms with E-state index in [9.17, 15) is 4.21 Å². The number of rotatable bonds is 6. The minimum absolute atomic E-state index is 0.624. The summed E-state index contributed by atoms with van der Waals surface area (Å²) in [6.07, 6.45) is 1.17. The maximum Gasteiger partial charge on any atom is 0.0507 e. The molecule has 1 N–H and O–H groups in total. The predicted octanol–water partition coefficient (Wildman–Crippen LogP) is 0.381. The van der Waals surface area contributed by atoms with Gasteiger partial charge in [0.25, 0.3) is 0 Å². The first-order valence-corrected chi connectivity index (χ1v) is 6.45. The van der Waals surface area contributed by atoms with Crippen LogP contribution in [-0.2, 0) is 15.5 Å². The third-order valence-corrected chi connectivity index (χ3v) is 3.59. The van der Waals surface area contributed by atoms with Crippen molar-refractivity contribution >= 4 is 10.8 Å². The van der Waals surface area contributed by atoms with Crippen molar-refractivity contribution in [1.82, 2.24) is 5.32 Å². The quantitative estimate of drug-likeness (QED) is 0.637. The summed E-state index contributed by atoms with van der Waals surface area (Å²) in [5, 5.41) is 3.32. The van der Waals surface area contributed by atoms with Crippen LogP contribution in [-0.4, -0.2) is 42.0 Å². The fourth-order valence-corrected chi connectivity index (χ4v) is 2.04. The molecule has 0 bridgehead atoms. The standard InChI is InChI=1S/C9H19NO2S/c1-2-13(11)6-4-10-7-9-3-5-12-8-9/h9-10H,2-8H2,1H3. The zero-order valence-corrected chi connectivity index (χ0v) is 9.07. The van der Waals surface area contributed by atoms with Crippen LogP contribution in [0.2, 0.25) is 0 Å². The molecule has 0 saturated carbocycles. The van der Waals surface area contributed by atoms with Crippen LogP contribution >= 0.6 is 0 Å². The maximum absolute atomic E-state index is 11.1. The van der Waals surface area contributed by atoms with E-state index < -0.39 is 10.8 Å². The average Bonchev–Trinajstić information content (AvgIpc) is 2.64. The van der Waals surface area contributed by atoms with Crippen molar-refractivity contribution in [2.24, 2.45) is 5.92 Å². The van der Waals surface area contributed by atoms with Crippen molar-refractivity contribution in [3.63, 3.8) is 0 Å². The third-order valence-electron chi connectivity index (χ3n) is 2.29. The molecule has 3 nitrogen and oxygen atoms in total. The minimum atomic E-state index is -0.624. The lowest BCUT2D eigenvalue weighted by Gasteiger charge is -2.08. The van der Waals surface area contributed by atoms with Gasteiger partial charge in [0.2, 0.25) is 0 Å². The molecule has 1 fully saturated rings. The molecule has 0 aliphatic carbocycles. The van der Waals surface area contributed by atoms with Crippen molar-refractivity contribution in [1.29, 1.82) is 0 Å². The zero-order chi connectivity index (χ0) is 9.52. The molecule has 2 unspecified atom stereocenters. The Bertz CT molecular complexity index is 158. The Morgan fingerprint density at radius 3 is 3.08 bits per heavy atom. The van der Waals surface area contributed by atoms with Crippen molar-refractivity contribution in [2.45, 2.75) is 13.3 Å². The van der Waals surface area contributed by atoms with E-state index >= 15 is 0 Å². The lowest BCUT2D eigenvalue weighted by Crippen LogP contribution is -2.27. The smallest absolute Gasteiger partial charge is 0.0507 e. The Labute approximate surface area is 82.7 Å². The van der Waals surface area contributed by atoms with E-state index in [4.69, 9.17) is 4.74 Å². The van der Waals surface area contributed by atoms with Gasteiger partial charge in [-0.3, -0.25) is 4.21 Å². The first-order valence-electron chi connectivity index (χ1n) is 4.96. The molecule has 0 radical (unpaired) electrons. The molecule has 1 rings (SSSR count). The molecule has 2 atom stereocenters. The summed E-state index contributed by atoms with van der Waals surface area (Å²) in [6, 6.07) is 0. The van der Waals surface area contributed by atoms with Gasteiger partial charge in [0.05, 0.1) is 6.61 Å². The third kappa shape index (κ3) is 4.74. The van der Waals surface area contributed by atoms with E-state index in [0.29, 0.717) is 5.92 Å². The molecule has 1 aliphatic heterocycles. The molecule has 78 valence electrons. The Balaban J connectivity index is 1.91. The second-order valence-corrected chi connectivity index (χ2v) is 5.23. The Morgan fingerprint density at radius 2 is 2.46 bits per heavy atom. The first kappa shape index (κ1) is 11.1. The fraction of sp³-hybridized carbons (Fsp3) is 1.00. The van der Waals surface area contributed by atoms with Gasteiger partial charge in [-0.25, -0.2) is 0 Å². The Kier molecular flexibility index (Phi) is 5.58.